The summed E-state index contributed by atoms with van der Waals surface area (Å²) < 4.78 is 0. The second-order valence-electron chi connectivity index (χ2n) is 4.72. The summed E-state index contributed by atoms with van der Waals surface area (Å²) in [6.45, 7) is 7.96. The predicted octanol–water partition coefficient (Wildman–Crippen LogP) is 3.78. The lowest BCUT2D eigenvalue weighted by Crippen LogP contribution is -2.44. The maximum absolute atomic E-state index is 12.4. The highest BCUT2D eigenvalue weighted by atomic mass is 32.2. The van der Waals surface area contributed by atoms with E-state index in [0.717, 1.165) is 21.7 Å². The van der Waals surface area contributed by atoms with Crippen molar-refractivity contribution in [1.82, 2.24) is 0 Å². The maximum Gasteiger partial charge on any atom is 0.237 e. The van der Waals surface area contributed by atoms with E-state index in [9.17, 15) is 4.79 Å². The molecule has 1 aromatic carbocycles. The van der Waals surface area contributed by atoms with Crippen LogP contribution < -0.4 is 4.90 Å². The molecule has 0 heterocycles. The lowest BCUT2D eigenvalue weighted by Gasteiger charge is -2.31. The van der Waals surface area contributed by atoms with Gasteiger partial charge in [0.25, 0.3) is 0 Å². The molecule has 0 radical (unpaired) electrons. The third kappa shape index (κ3) is 3.80. The zero-order chi connectivity index (χ0) is 14.6. The number of anilines is 1. The number of rotatable bonds is 5. The van der Waals surface area contributed by atoms with Crippen molar-refractivity contribution < 1.29 is 4.79 Å². The summed E-state index contributed by atoms with van der Waals surface area (Å²) in [5, 5.41) is 0. The number of thiocarbonyl (C=S) groups is 1. The molecule has 0 bridgehead atoms. The SMILES string of the molecule is CSCC(=O)N(c1c(C)cccc1C)C(C)C(C)=S. The third-order valence-corrected chi connectivity index (χ3v) is 4.07. The Morgan fingerprint density at radius 2 is 1.89 bits per heavy atom. The van der Waals surface area contributed by atoms with Gasteiger partial charge in [0.05, 0.1) is 17.5 Å². The fraction of sp³-hybridized carbons (Fsp3) is 0.467. The largest absolute Gasteiger partial charge is 0.303 e. The van der Waals surface area contributed by atoms with Crippen LogP contribution >= 0.6 is 24.0 Å². The molecule has 0 saturated heterocycles. The van der Waals surface area contributed by atoms with Gasteiger partial charge in [0.15, 0.2) is 0 Å². The van der Waals surface area contributed by atoms with Crippen LogP contribution in [0.1, 0.15) is 25.0 Å². The van der Waals surface area contributed by atoms with E-state index >= 15 is 0 Å². The number of amides is 1. The van der Waals surface area contributed by atoms with Gasteiger partial charge < -0.3 is 4.90 Å². The Balaban J connectivity index is 3.31. The van der Waals surface area contributed by atoms with E-state index in [1.165, 1.54) is 11.8 Å². The van der Waals surface area contributed by atoms with Gasteiger partial charge in [0.2, 0.25) is 5.91 Å². The number of benzene rings is 1. The summed E-state index contributed by atoms with van der Waals surface area (Å²) in [6.07, 6.45) is 1.94. The highest BCUT2D eigenvalue weighted by Crippen LogP contribution is 2.27. The van der Waals surface area contributed by atoms with E-state index < -0.39 is 0 Å². The molecule has 0 saturated carbocycles. The third-order valence-electron chi connectivity index (χ3n) is 3.19. The summed E-state index contributed by atoms with van der Waals surface area (Å²) in [6, 6.07) is 6.02. The van der Waals surface area contributed by atoms with E-state index in [-0.39, 0.29) is 11.9 Å². The normalized spacial score (nSPS) is 12.1. The first-order chi connectivity index (χ1) is 8.90. The van der Waals surface area contributed by atoms with Gasteiger partial charge in [-0.2, -0.15) is 11.8 Å². The Kier molecular flexibility index (Phi) is 6.01. The lowest BCUT2D eigenvalue weighted by molar-refractivity contribution is -0.116. The molecule has 0 fully saturated rings. The quantitative estimate of drug-likeness (QED) is 0.771. The topological polar surface area (TPSA) is 20.3 Å². The number of carbonyl (C=O) groups is 1. The van der Waals surface area contributed by atoms with Crippen LogP contribution in [-0.2, 0) is 4.79 Å². The highest BCUT2D eigenvalue weighted by molar-refractivity contribution is 7.99. The molecule has 0 aliphatic heterocycles. The maximum atomic E-state index is 12.4. The molecule has 0 spiro atoms. The Morgan fingerprint density at radius 3 is 2.32 bits per heavy atom. The van der Waals surface area contributed by atoms with Crippen LogP contribution in [0.5, 0.6) is 0 Å². The molecule has 1 atom stereocenters. The zero-order valence-electron chi connectivity index (χ0n) is 12.2. The van der Waals surface area contributed by atoms with Gasteiger partial charge in [-0.25, -0.2) is 0 Å². The smallest absolute Gasteiger partial charge is 0.237 e. The van der Waals surface area contributed by atoms with Crippen LogP contribution in [-0.4, -0.2) is 28.8 Å². The fourth-order valence-corrected chi connectivity index (χ4v) is 2.59. The van der Waals surface area contributed by atoms with E-state index in [2.05, 4.69) is 0 Å². The molecule has 1 aromatic rings. The highest BCUT2D eigenvalue weighted by Gasteiger charge is 2.25. The van der Waals surface area contributed by atoms with Gasteiger partial charge >= 0.3 is 0 Å². The Labute approximate surface area is 125 Å². The van der Waals surface area contributed by atoms with Crippen molar-refractivity contribution in [1.29, 1.82) is 0 Å². The molecule has 0 aliphatic carbocycles. The molecular formula is C15H21NOS2. The van der Waals surface area contributed by atoms with Crippen molar-refractivity contribution in [2.45, 2.75) is 33.7 Å². The second-order valence-corrected chi connectivity index (χ2v) is 6.23. The standard InChI is InChI=1S/C15H21NOS2/c1-10-7-6-8-11(2)15(10)16(12(3)13(4)18)14(17)9-19-5/h6-8,12H,9H2,1-5H3. The molecule has 1 rings (SSSR count). The first kappa shape index (κ1) is 16.2. The average Bonchev–Trinajstić information content (AvgIpc) is 2.33. The van der Waals surface area contributed by atoms with Crippen molar-refractivity contribution in [3.8, 4) is 0 Å². The minimum Gasteiger partial charge on any atom is -0.303 e. The van der Waals surface area contributed by atoms with Gasteiger partial charge in [-0.1, -0.05) is 30.4 Å². The number of hydrogen-bond acceptors (Lipinski definition) is 3. The van der Waals surface area contributed by atoms with Gasteiger partial charge in [0.1, 0.15) is 0 Å². The van der Waals surface area contributed by atoms with Crippen LogP contribution in [0.4, 0.5) is 5.69 Å². The van der Waals surface area contributed by atoms with Crippen molar-refractivity contribution in [3.05, 3.63) is 29.3 Å². The van der Waals surface area contributed by atoms with E-state index in [1.807, 2.05) is 57.0 Å². The summed E-state index contributed by atoms with van der Waals surface area (Å²) in [7, 11) is 0. The number of hydrogen-bond donors (Lipinski definition) is 0. The zero-order valence-corrected chi connectivity index (χ0v) is 13.8. The Hall–Kier alpha value is -0.870. The number of carbonyl (C=O) groups excluding carboxylic acids is 1. The molecular weight excluding hydrogens is 274 g/mol. The van der Waals surface area contributed by atoms with Crippen LogP contribution in [0.2, 0.25) is 0 Å². The summed E-state index contributed by atoms with van der Waals surface area (Å²) in [5.74, 6) is 0.586. The monoisotopic (exact) mass is 295 g/mol. The van der Waals surface area contributed by atoms with Crippen LogP contribution in [0.3, 0.4) is 0 Å². The summed E-state index contributed by atoms with van der Waals surface area (Å²) in [5.41, 5.74) is 3.22. The molecule has 0 aromatic heterocycles. The minimum atomic E-state index is -0.0607. The van der Waals surface area contributed by atoms with Crippen LogP contribution in [0.15, 0.2) is 18.2 Å². The molecule has 4 heteroatoms. The van der Waals surface area contributed by atoms with Crippen molar-refractivity contribution in [2.24, 2.45) is 0 Å². The summed E-state index contributed by atoms with van der Waals surface area (Å²) in [4.78, 5) is 15.1. The van der Waals surface area contributed by atoms with Crippen LogP contribution in [0, 0.1) is 13.8 Å². The fourth-order valence-electron chi connectivity index (χ4n) is 2.09. The molecule has 2 nitrogen and oxygen atoms in total. The first-order valence-corrected chi connectivity index (χ1v) is 8.08. The first-order valence-electron chi connectivity index (χ1n) is 6.27. The van der Waals surface area contributed by atoms with Gasteiger partial charge in [0, 0.05) is 4.86 Å². The minimum absolute atomic E-state index is 0.0607. The van der Waals surface area contributed by atoms with Crippen molar-refractivity contribution in [3.63, 3.8) is 0 Å². The molecule has 0 N–H and O–H groups in total. The van der Waals surface area contributed by atoms with E-state index in [0.29, 0.717) is 5.75 Å². The molecule has 1 amide bonds. The lowest BCUT2D eigenvalue weighted by atomic mass is 10.1. The Morgan fingerprint density at radius 1 is 1.37 bits per heavy atom. The number of para-hydroxylation sites is 1. The number of nitrogens with zero attached hydrogens (tertiary/aromatic N) is 1. The summed E-state index contributed by atoms with van der Waals surface area (Å²) >= 11 is 6.82. The molecule has 104 valence electrons. The number of thioether (sulfide) groups is 1. The molecule has 19 heavy (non-hydrogen) atoms. The van der Waals surface area contributed by atoms with Crippen LogP contribution in [0.25, 0.3) is 0 Å². The predicted molar refractivity (Wildman–Crippen MR) is 89.5 cm³/mol. The Bertz CT molecular complexity index is 465. The van der Waals surface area contributed by atoms with Crippen molar-refractivity contribution >= 4 is 40.4 Å². The van der Waals surface area contributed by atoms with E-state index in [1.54, 1.807) is 0 Å². The van der Waals surface area contributed by atoms with Gasteiger partial charge in [-0.05, 0) is 45.1 Å². The van der Waals surface area contributed by atoms with Crippen molar-refractivity contribution in [2.75, 3.05) is 16.9 Å². The molecule has 1 unspecified atom stereocenters. The molecule has 0 aliphatic rings. The van der Waals surface area contributed by atoms with Gasteiger partial charge in [-0.3, -0.25) is 4.79 Å². The van der Waals surface area contributed by atoms with Gasteiger partial charge in [-0.15, -0.1) is 0 Å². The average molecular weight is 295 g/mol. The second kappa shape index (κ2) is 7.06. The van der Waals surface area contributed by atoms with E-state index in [4.69, 9.17) is 12.2 Å². The number of aryl methyl sites for hydroxylation is 2.